The van der Waals surface area contributed by atoms with Crippen molar-refractivity contribution in [2.45, 2.75) is 6.42 Å². The van der Waals surface area contributed by atoms with Crippen molar-refractivity contribution in [3.63, 3.8) is 0 Å². The molecular weight excluding hydrogens is 298 g/mol. The molecule has 0 aromatic heterocycles. The van der Waals surface area contributed by atoms with Crippen molar-refractivity contribution in [2.75, 3.05) is 0 Å². The number of rotatable bonds is 5. The van der Waals surface area contributed by atoms with Gasteiger partial charge in [-0.25, -0.2) is 0 Å². The maximum Gasteiger partial charge on any atom is 0.315 e. The van der Waals surface area contributed by atoms with E-state index < -0.39 is 17.3 Å². The number of carboxylic acids is 1. The van der Waals surface area contributed by atoms with E-state index in [1.54, 1.807) is 24.3 Å². The molecule has 21 heavy (non-hydrogen) atoms. The van der Waals surface area contributed by atoms with Crippen molar-refractivity contribution in [3.8, 4) is 11.5 Å². The molecule has 0 bridgehead atoms. The Balaban J connectivity index is 2.40. The predicted molar refractivity (Wildman–Crippen MR) is 76.0 cm³/mol. The maximum atomic E-state index is 11.2. The van der Waals surface area contributed by atoms with E-state index in [9.17, 15) is 14.9 Å². The monoisotopic (exact) mass is 307 g/mol. The minimum Gasteiger partial charge on any atom is -0.481 e. The Morgan fingerprint density at radius 2 is 1.90 bits per heavy atom. The van der Waals surface area contributed by atoms with Gasteiger partial charge in [-0.2, -0.15) is 0 Å². The average molecular weight is 308 g/mol. The Labute approximate surface area is 124 Å². The number of nitro benzene ring substituents is 1. The van der Waals surface area contributed by atoms with Crippen molar-refractivity contribution in [2.24, 2.45) is 0 Å². The third-order valence-corrected chi connectivity index (χ3v) is 2.90. The molecule has 2 rings (SSSR count). The Bertz CT molecular complexity index is 684. The highest BCUT2D eigenvalue weighted by Gasteiger charge is 2.22. The van der Waals surface area contributed by atoms with Gasteiger partial charge in [0.05, 0.1) is 11.3 Å². The number of hydrogen-bond donors (Lipinski definition) is 1. The lowest BCUT2D eigenvalue weighted by Crippen LogP contribution is -2.04. The van der Waals surface area contributed by atoms with E-state index in [0.29, 0.717) is 10.8 Å². The number of carboxylic acid groups (broad SMARTS) is 1. The molecule has 2 aromatic carbocycles. The second kappa shape index (κ2) is 6.23. The van der Waals surface area contributed by atoms with Gasteiger partial charge >= 0.3 is 11.7 Å². The Morgan fingerprint density at radius 1 is 1.24 bits per heavy atom. The van der Waals surface area contributed by atoms with Crippen molar-refractivity contribution in [3.05, 3.63) is 63.2 Å². The predicted octanol–water partition coefficient (Wildman–Crippen LogP) is 3.67. The molecule has 0 fully saturated rings. The highest BCUT2D eigenvalue weighted by Crippen LogP contribution is 2.34. The number of halogens is 1. The summed E-state index contributed by atoms with van der Waals surface area (Å²) in [7, 11) is 0. The second-order valence-corrected chi connectivity index (χ2v) is 4.58. The first-order valence-corrected chi connectivity index (χ1v) is 6.26. The number of ether oxygens (including phenoxy) is 1. The number of nitro groups is 1. The summed E-state index contributed by atoms with van der Waals surface area (Å²) in [6.07, 6.45) is -0.450. The number of nitrogens with zero attached hydrogens (tertiary/aromatic N) is 1. The van der Waals surface area contributed by atoms with Crippen LogP contribution in [-0.4, -0.2) is 16.0 Å². The maximum absolute atomic E-state index is 11.2. The van der Waals surface area contributed by atoms with Crippen LogP contribution in [0.1, 0.15) is 5.56 Å². The molecule has 0 saturated heterocycles. The Hall–Kier alpha value is -2.60. The number of carbonyl (C=O) groups is 1. The van der Waals surface area contributed by atoms with Gasteiger partial charge in [0, 0.05) is 10.6 Å². The van der Waals surface area contributed by atoms with Crippen molar-refractivity contribution in [1.29, 1.82) is 0 Å². The molecule has 0 heterocycles. The lowest BCUT2D eigenvalue weighted by molar-refractivity contribution is -0.386. The zero-order valence-electron chi connectivity index (χ0n) is 10.7. The molecule has 0 aliphatic heterocycles. The molecule has 0 aliphatic rings. The van der Waals surface area contributed by atoms with Crippen LogP contribution in [0.3, 0.4) is 0 Å². The summed E-state index contributed by atoms with van der Waals surface area (Å²) in [5.41, 5.74) is -0.270. The summed E-state index contributed by atoms with van der Waals surface area (Å²) < 4.78 is 5.45. The zero-order chi connectivity index (χ0) is 15.4. The molecule has 1 N–H and O–H groups in total. The average Bonchev–Trinajstić information content (AvgIpc) is 2.40. The fourth-order valence-electron chi connectivity index (χ4n) is 1.79. The first-order valence-electron chi connectivity index (χ1n) is 5.89. The van der Waals surface area contributed by atoms with Gasteiger partial charge in [0.25, 0.3) is 0 Å². The summed E-state index contributed by atoms with van der Waals surface area (Å²) >= 11 is 5.75. The normalized spacial score (nSPS) is 10.1. The van der Waals surface area contributed by atoms with E-state index in [1.165, 1.54) is 18.2 Å². The van der Waals surface area contributed by atoms with Gasteiger partial charge in [-0.1, -0.05) is 23.7 Å². The number of aliphatic carboxylic acids is 1. The van der Waals surface area contributed by atoms with E-state index in [1.807, 2.05) is 0 Å². The Morgan fingerprint density at radius 3 is 2.48 bits per heavy atom. The molecule has 7 heteroatoms. The zero-order valence-corrected chi connectivity index (χ0v) is 11.4. The molecule has 0 radical (unpaired) electrons. The molecular formula is C14H10ClNO5. The van der Waals surface area contributed by atoms with Crippen LogP contribution in [0.4, 0.5) is 5.69 Å². The van der Waals surface area contributed by atoms with Gasteiger partial charge < -0.3 is 9.84 Å². The summed E-state index contributed by atoms with van der Waals surface area (Å²) in [5, 5.41) is 20.5. The molecule has 0 spiro atoms. The van der Waals surface area contributed by atoms with Crippen LogP contribution in [0.2, 0.25) is 5.02 Å². The van der Waals surface area contributed by atoms with Gasteiger partial charge in [-0.15, -0.1) is 0 Å². The topological polar surface area (TPSA) is 89.7 Å². The lowest BCUT2D eigenvalue weighted by Gasteiger charge is -2.08. The first-order chi connectivity index (χ1) is 9.97. The molecule has 0 saturated carbocycles. The van der Waals surface area contributed by atoms with Crippen molar-refractivity contribution < 1.29 is 19.6 Å². The minimum absolute atomic E-state index is 0.0129. The van der Waals surface area contributed by atoms with Gasteiger partial charge in [-0.3, -0.25) is 14.9 Å². The van der Waals surface area contributed by atoms with E-state index in [4.69, 9.17) is 21.4 Å². The third kappa shape index (κ3) is 3.70. The largest absolute Gasteiger partial charge is 0.481 e. The van der Waals surface area contributed by atoms with Crippen LogP contribution < -0.4 is 4.74 Å². The van der Waals surface area contributed by atoms with Crippen LogP contribution in [0.15, 0.2) is 42.5 Å². The SMILES string of the molecule is O=C(O)Cc1cccc(Oc2ccc(Cl)cc2)c1[N+](=O)[O-]. The lowest BCUT2D eigenvalue weighted by atomic mass is 10.1. The van der Waals surface area contributed by atoms with Gasteiger partial charge in [0.15, 0.2) is 0 Å². The van der Waals surface area contributed by atoms with E-state index in [0.717, 1.165) is 0 Å². The van der Waals surface area contributed by atoms with Crippen LogP contribution >= 0.6 is 11.6 Å². The quantitative estimate of drug-likeness (QED) is 0.672. The molecule has 2 aromatic rings. The highest BCUT2D eigenvalue weighted by molar-refractivity contribution is 6.30. The van der Waals surface area contributed by atoms with Gasteiger partial charge in [0.2, 0.25) is 5.75 Å². The summed E-state index contributed by atoms with van der Waals surface area (Å²) in [4.78, 5) is 21.3. The molecule has 0 atom stereocenters. The molecule has 0 aliphatic carbocycles. The molecule has 0 unspecified atom stereocenters. The number of benzene rings is 2. The summed E-state index contributed by atoms with van der Waals surface area (Å²) in [6, 6.07) is 10.6. The molecule has 108 valence electrons. The fraction of sp³-hybridized carbons (Fsp3) is 0.0714. The minimum atomic E-state index is -1.15. The number of hydrogen-bond acceptors (Lipinski definition) is 4. The third-order valence-electron chi connectivity index (χ3n) is 2.65. The second-order valence-electron chi connectivity index (χ2n) is 4.15. The van der Waals surface area contributed by atoms with E-state index >= 15 is 0 Å². The van der Waals surface area contributed by atoms with Crippen molar-refractivity contribution in [1.82, 2.24) is 0 Å². The highest BCUT2D eigenvalue weighted by atomic mass is 35.5. The smallest absolute Gasteiger partial charge is 0.315 e. The standard InChI is InChI=1S/C14H10ClNO5/c15-10-4-6-11(7-5-10)21-12-3-1-2-9(8-13(17)18)14(12)16(19)20/h1-7H,8H2,(H,17,18). The van der Waals surface area contributed by atoms with Crippen molar-refractivity contribution >= 4 is 23.3 Å². The molecule has 0 amide bonds. The Kier molecular flexibility index (Phi) is 4.39. The number of para-hydroxylation sites is 1. The van der Waals surface area contributed by atoms with Crippen LogP contribution in [0.5, 0.6) is 11.5 Å². The van der Waals surface area contributed by atoms with Crippen LogP contribution in [0, 0.1) is 10.1 Å². The van der Waals surface area contributed by atoms with Gasteiger partial charge in [0.1, 0.15) is 5.75 Å². The van der Waals surface area contributed by atoms with E-state index in [-0.39, 0.29) is 17.0 Å². The van der Waals surface area contributed by atoms with E-state index in [2.05, 4.69) is 0 Å². The summed E-state index contributed by atoms with van der Waals surface area (Å²) in [6.45, 7) is 0. The van der Waals surface area contributed by atoms with Gasteiger partial charge in [-0.05, 0) is 30.3 Å². The van der Waals surface area contributed by atoms with Crippen LogP contribution in [-0.2, 0) is 11.2 Å². The summed E-state index contributed by atoms with van der Waals surface area (Å²) in [5.74, 6) is -0.794. The fourth-order valence-corrected chi connectivity index (χ4v) is 1.92. The first kappa shape index (κ1) is 14.8. The van der Waals surface area contributed by atoms with Crippen LogP contribution in [0.25, 0.3) is 0 Å². The molecule has 6 nitrogen and oxygen atoms in total.